The van der Waals surface area contributed by atoms with Gasteiger partial charge < -0.3 is 4.90 Å². The van der Waals surface area contributed by atoms with Gasteiger partial charge in [-0.1, -0.05) is 30.3 Å². The van der Waals surface area contributed by atoms with Crippen LogP contribution in [-0.2, 0) is 11.3 Å². The lowest BCUT2D eigenvalue weighted by molar-refractivity contribution is -0.125. The van der Waals surface area contributed by atoms with E-state index >= 15 is 0 Å². The Morgan fingerprint density at radius 2 is 1.92 bits per heavy atom. The van der Waals surface area contributed by atoms with Gasteiger partial charge in [0, 0.05) is 30.4 Å². The number of hydrogen-bond donors (Lipinski definition) is 0. The van der Waals surface area contributed by atoms with Gasteiger partial charge >= 0.3 is 0 Å². The molecule has 1 aromatic heterocycles. The van der Waals surface area contributed by atoms with Gasteiger partial charge in [0.15, 0.2) is 0 Å². The second-order valence-electron chi connectivity index (χ2n) is 6.14. The Kier molecular flexibility index (Phi) is 5.46. The molecule has 26 heavy (non-hydrogen) atoms. The highest BCUT2D eigenvalue weighted by Gasteiger charge is 2.22. The highest BCUT2D eigenvalue weighted by molar-refractivity contribution is 6.02. The number of aromatic nitrogens is 2. The molecule has 6 nitrogen and oxygen atoms in total. The molecule has 0 bridgehead atoms. The maximum Gasteiger partial charge on any atom is 0.264 e. The predicted molar refractivity (Wildman–Crippen MR) is 97.3 cm³/mol. The van der Waals surface area contributed by atoms with Crippen molar-refractivity contribution in [2.45, 2.75) is 25.8 Å². The van der Waals surface area contributed by atoms with Gasteiger partial charge in [-0.15, -0.1) is 0 Å². The smallest absolute Gasteiger partial charge is 0.264 e. The third-order valence-corrected chi connectivity index (χ3v) is 4.33. The number of carbonyl (C=O) groups excluding carboxylic acids is 1. The van der Waals surface area contributed by atoms with Crippen molar-refractivity contribution in [1.82, 2.24) is 14.7 Å². The van der Waals surface area contributed by atoms with E-state index in [-0.39, 0.29) is 11.5 Å². The number of amides is 1. The van der Waals surface area contributed by atoms with Crippen LogP contribution in [0.1, 0.15) is 24.8 Å². The van der Waals surface area contributed by atoms with Crippen molar-refractivity contribution < 1.29 is 4.79 Å². The average molecular weight is 345 g/mol. The molecule has 0 unspecified atom stereocenters. The Balaban J connectivity index is 1.99. The van der Waals surface area contributed by atoms with Crippen molar-refractivity contribution in [2.75, 3.05) is 13.1 Å². The monoisotopic (exact) mass is 345 g/mol. The molecular formula is C20H19N5O. The van der Waals surface area contributed by atoms with E-state index in [4.69, 9.17) is 5.26 Å². The van der Waals surface area contributed by atoms with Crippen molar-refractivity contribution in [3.05, 3.63) is 47.7 Å². The first kappa shape index (κ1) is 17.4. The summed E-state index contributed by atoms with van der Waals surface area (Å²) in [5.74, 6) is -0.228. The second kappa shape index (κ2) is 8.13. The number of likely N-dealkylation sites (tertiary alicyclic amines) is 1. The second-order valence-corrected chi connectivity index (χ2v) is 6.14. The molecule has 0 atom stereocenters. The zero-order valence-electron chi connectivity index (χ0n) is 14.4. The van der Waals surface area contributed by atoms with E-state index in [1.165, 1.54) is 0 Å². The molecule has 0 saturated carbocycles. The first-order valence-electron chi connectivity index (χ1n) is 8.64. The molecule has 0 aliphatic carbocycles. The molecule has 1 amide bonds. The average Bonchev–Trinajstić information content (AvgIpc) is 3.34. The molecule has 2 aromatic rings. The molecular weight excluding hydrogens is 326 g/mol. The van der Waals surface area contributed by atoms with E-state index in [0.29, 0.717) is 37.3 Å². The SMILES string of the molecule is N#CCCn1cc(/C=C(\C#N)C(=O)N2CCCC2)c(-c2ccccc2)n1. The van der Waals surface area contributed by atoms with Crippen molar-refractivity contribution in [3.63, 3.8) is 0 Å². The zero-order chi connectivity index (χ0) is 18.4. The maximum absolute atomic E-state index is 12.6. The van der Waals surface area contributed by atoms with Crippen molar-refractivity contribution >= 4 is 12.0 Å². The zero-order valence-corrected chi connectivity index (χ0v) is 14.4. The number of benzene rings is 1. The van der Waals surface area contributed by atoms with Crippen molar-refractivity contribution in [1.29, 1.82) is 10.5 Å². The summed E-state index contributed by atoms with van der Waals surface area (Å²) in [7, 11) is 0. The van der Waals surface area contributed by atoms with Crippen LogP contribution in [0.15, 0.2) is 42.1 Å². The van der Waals surface area contributed by atoms with Crippen LogP contribution < -0.4 is 0 Å². The Bertz CT molecular complexity index is 893. The van der Waals surface area contributed by atoms with Crippen LogP contribution in [0.4, 0.5) is 0 Å². The Morgan fingerprint density at radius 1 is 1.19 bits per heavy atom. The van der Waals surface area contributed by atoms with Gasteiger partial charge in [0.25, 0.3) is 5.91 Å². The molecule has 0 radical (unpaired) electrons. The van der Waals surface area contributed by atoms with Crippen LogP contribution in [0.25, 0.3) is 17.3 Å². The molecule has 1 fully saturated rings. The molecule has 2 heterocycles. The summed E-state index contributed by atoms with van der Waals surface area (Å²) in [5.41, 5.74) is 2.42. The maximum atomic E-state index is 12.6. The van der Waals surface area contributed by atoms with Crippen LogP contribution in [0, 0.1) is 22.7 Å². The van der Waals surface area contributed by atoms with Crippen LogP contribution in [0.5, 0.6) is 0 Å². The fourth-order valence-electron chi connectivity index (χ4n) is 3.03. The fourth-order valence-corrected chi connectivity index (χ4v) is 3.03. The van der Waals surface area contributed by atoms with Gasteiger partial charge in [-0.3, -0.25) is 9.48 Å². The molecule has 3 rings (SSSR count). The number of nitrogens with zero attached hydrogens (tertiary/aromatic N) is 5. The van der Waals surface area contributed by atoms with Gasteiger partial charge in [0.1, 0.15) is 11.6 Å². The van der Waals surface area contributed by atoms with Gasteiger partial charge in [0.05, 0.1) is 24.7 Å². The quantitative estimate of drug-likeness (QED) is 0.616. The van der Waals surface area contributed by atoms with E-state index in [1.807, 2.05) is 36.4 Å². The number of hydrogen-bond acceptors (Lipinski definition) is 4. The van der Waals surface area contributed by atoms with E-state index < -0.39 is 0 Å². The van der Waals surface area contributed by atoms with Gasteiger partial charge in [-0.25, -0.2) is 0 Å². The summed E-state index contributed by atoms with van der Waals surface area (Å²) in [6.07, 6.45) is 5.70. The Morgan fingerprint density at radius 3 is 2.58 bits per heavy atom. The molecule has 6 heteroatoms. The lowest BCUT2D eigenvalue weighted by Crippen LogP contribution is -2.28. The standard InChI is InChI=1S/C20H19N5O/c21-9-6-12-25-15-18(19(23-25)16-7-2-1-3-8-16)13-17(14-22)20(26)24-10-4-5-11-24/h1-3,7-8,13,15H,4-6,10-12H2/b17-13+. The number of rotatable bonds is 5. The largest absolute Gasteiger partial charge is 0.338 e. The molecule has 1 aliphatic rings. The van der Waals surface area contributed by atoms with Crippen LogP contribution >= 0.6 is 0 Å². The van der Waals surface area contributed by atoms with Gasteiger partial charge in [0.2, 0.25) is 0 Å². The van der Waals surface area contributed by atoms with Crippen LogP contribution in [-0.4, -0.2) is 33.7 Å². The highest BCUT2D eigenvalue weighted by Crippen LogP contribution is 2.25. The third kappa shape index (κ3) is 3.81. The molecule has 130 valence electrons. The van der Waals surface area contributed by atoms with Crippen LogP contribution in [0.2, 0.25) is 0 Å². The summed E-state index contributed by atoms with van der Waals surface area (Å²) in [5, 5.41) is 22.8. The third-order valence-electron chi connectivity index (χ3n) is 4.33. The normalized spacial score (nSPS) is 14.1. The van der Waals surface area contributed by atoms with Crippen molar-refractivity contribution in [2.24, 2.45) is 0 Å². The minimum atomic E-state index is -0.228. The van der Waals surface area contributed by atoms with Gasteiger partial charge in [-0.2, -0.15) is 15.6 Å². The fraction of sp³-hybridized carbons (Fsp3) is 0.300. The lowest BCUT2D eigenvalue weighted by Gasteiger charge is -2.13. The minimum absolute atomic E-state index is 0.115. The van der Waals surface area contributed by atoms with E-state index in [1.54, 1.807) is 21.9 Å². The van der Waals surface area contributed by atoms with E-state index in [0.717, 1.165) is 18.4 Å². The summed E-state index contributed by atoms with van der Waals surface area (Å²) in [6.45, 7) is 1.86. The summed E-state index contributed by atoms with van der Waals surface area (Å²) in [4.78, 5) is 14.3. The molecule has 0 spiro atoms. The summed E-state index contributed by atoms with van der Waals surface area (Å²) in [6, 6.07) is 13.8. The summed E-state index contributed by atoms with van der Waals surface area (Å²) >= 11 is 0. The van der Waals surface area contributed by atoms with Gasteiger partial charge in [-0.05, 0) is 18.9 Å². The summed E-state index contributed by atoms with van der Waals surface area (Å²) < 4.78 is 1.69. The molecule has 1 saturated heterocycles. The molecule has 0 N–H and O–H groups in total. The van der Waals surface area contributed by atoms with E-state index in [9.17, 15) is 10.1 Å². The van der Waals surface area contributed by atoms with Crippen molar-refractivity contribution in [3.8, 4) is 23.4 Å². The first-order valence-corrected chi connectivity index (χ1v) is 8.64. The lowest BCUT2D eigenvalue weighted by atomic mass is 10.1. The topological polar surface area (TPSA) is 85.7 Å². The van der Waals surface area contributed by atoms with Crippen LogP contribution in [0.3, 0.4) is 0 Å². The number of carbonyl (C=O) groups is 1. The Labute approximate surface area is 152 Å². The Hall–Kier alpha value is -3.38. The van der Waals surface area contributed by atoms with E-state index in [2.05, 4.69) is 11.2 Å². The molecule has 1 aliphatic heterocycles. The number of nitriles is 2. The number of aryl methyl sites for hydroxylation is 1. The highest BCUT2D eigenvalue weighted by atomic mass is 16.2. The molecule has 1 aromatic carbocycles. The first-order chi connectivity index (χ1) is 12.7. The predicted octanol–water partition coefficient (Wildman–Crippen LogP) is 2.99. The minimum Gasteiger partial charge on any atom is -0.338 e.